The standard InChI is InChI=1S/C28H26N2O6S/c1-4-15-36-20-12-8-11-19(16-20)23-22(21(31)14-13-18-9-6-5-7-10-18)24(32)26(33)30(23)28-29-17(2)25(37-28)27(34)35-3/h5-14,16,23,32H,4,15H2,1-3H3. The molecule has 37 heavy (non-hydrogen) atoms. The molecule has 2 heterocycles. The Morgan fingerprint density at radius 1 is 1.16 bits per heavy atom. The summed E-state index contributed by atoms with van der Waals surface area (Å²) in [5.74, 6) is -2.00. The predicted molar refractivity (Wildman–Crippen MR) is 141 cm³/mol. The number of carbonyl (C=O) groups is 3. The lowest BCUT2D eigenvalue weighted by atomic mass is 9.95. The molecule has 1 atom stereocenters. The van der Waals surface area contributed by atoms with Crippen LogP contribution < -0.4 is 9.64 Å². The number of hydrogen-bond acceptors (Lipinski definition) is 8. The van der Waals surface area contributed by atoms with Crippen LogP contribution in [-0.4, -0.2) is 41.5 Å². The van der Waals surface area contributed by atoms with Crippen molar-refractivity contribution in [1.29, 1.82) is 0 Å². The molecule has 0 bridgehead atoms. The number of methoxy groups -OCH3 is 1. The van der Waals surface area contributed by atoms with Crippen LogP contribution in [0.3, 0.4) is 0 Å². The Kier molecular flexibility index (Phi) is 7.83. The second-order valence-corrected chi connectivity index (χ2v) is 9.25. The normalized spacial score (nSPS) is 15.5. The third kappa shape index (κ3) is 5.31. The Morgan fingerprint density at radius 2 is 1.92 bits per heavy atom. The smallest absolute Gasteiger partial charge is 0.350 e. The number of aromatic nitrogens is 1. The molecule has 0 saturated carbocycles. The van der Waals surface area contributed by atoms with Gasteiger partial charge in [-0.05, 0) is 42.7 Å². The van der Waals surface area contributed by atoms with Crippen molar-refractivity contribution in [2.24, 2.45) is 0 Å². The Hall–Kier alpha value is -4.24. The number of ether oxygens (including phenoxy) is 2. The molecule has 9 heteroatoms. The minimum Gasteiger partial charge on any atom is -0.503 e. The van der Waals surface area contributed by atoms with E-state index in [1.165, 1.54) is 18.1 Å². The second-order valence-electron chi connectivity index (χ2n) is 8.27. The van der Waals surface area contributed by atoms with E-state index in [9.17, 15) is 19.5 Å². The van der Waals surface area contributed by atoms with Gasteiger partial charge in [0.05, 0.1) is 31.0 Å². The molecule has 3 aromatic rings. The molecule has 0 fully saturated rings. The third-order valence-electron chi connectivity index (χ3n) is 5.71. The quantitative estimate of drug-likeness (QED) is 0.306. The fourth-order valence-corrected chi connectivity index (χ4v) is 4.97. The number of thiazole rings is 1. The fraction of sp³-hybridized carbons (Fsp3) is 0.214. The number of allylic oxidation sites excluding steroid dienone is 1. The molecule has 1 aromatic heterocycles. The number of carbonyl (C=O) groups excluding carboxylic acids is 3. The number of aliphatic hydroxyl groups is 1. The first-order chi connectivity index (χ1) is 17.8. The predicted octanol–water partition coefficient (Wildman–Crippen LogP) is 5.21. The van der Waals surface area contributed by atoms with Crippen LogP contribution >= 0.6 is 11.3 Å². The van der Waals surface area contributed by atoms with Crippen molar-refractivity contribution in [2.45, 2.75) is 26.3 Å². The maximum atomic E-state index is 13.4. The zero-order valence-corrected chi connectivity index (χ0v) is 21.5. The minimum atomic E-state index is -0.985. The van der Waals surface area contributed by atoms with Gasteiger partial charge in [-0.25, -0.2) is 9.78 Å². The summed E-state index contributed by atoms with van der Waals surface area (Å²) in [4.78, 5) is 44.8. The summed E-state index contributed by atoms with van der Waals surface area (Å²) in [6.45, 7) is 4.11. The average molecular weight is 519 g/mol. The lowest BCUT2D eigenvalue weighted by Gasteiger charge is -2.24. The highest BCUT2D eigenvalue weighted by molar-refractivity contribution is 7.17. The van der Waals surface area contributed by atoms with Gasteiger partial charge in [0.15, 0.2) is 16.7 Å². The van der Waals surface area contributed by atoms with E-state index in [1.54, 1.807) is 37.3 Å². The van der Waals surface area contributed by atoms with Gasteiger partial charge in [-0.15, -0.1) is 0 Å². The van der Waals surface area contributed by atoms with Crippen LogP contribution in [0.4, 0.5) is 5.13 Å². The number of amides is 1. The monoisotopic (exact) mass is 518 g/mol. The molecule has 0 aliphatic carbocycles. The summed E-state index contributed by atoms with van der Waals surface area (Å²) in [7, 11) is 1.26. The zero-order valence-electron chi connectivity index (χ0n) is 20.6. The molecule has 1 N–H and O–H groups in total. The Labute approximate surface area is 218 Å². The molecule has 190 valence electrons. The number of nitrogens with zero attached hydrogens (tertiary/aromatic N) is 2. The number of rotatable bonds is 9. The van der Waals surface area contributed by atoms with Crippen LogP contribution in [0.25, 0.3) is 6.08 Å². The van der Waals surface area contributed by atoms with Crippen molar-refractivity contribution in [3.63, 3.8) is 0 Å². The molecule has 1 aliphatic heterocycles. The first-order valence-corrected chi connectivity index (χ1v) is 12.5. The molecule has 0 radical (unpaired) electrons. The van der Waals surface area contributed by atoms with Crippen molar-refractivity contribution in [1.82, 2.24) is 4.98 Å². The van der Waals surface area contributed by atoms with Gasteiger partial charge in [0.1, 0.15) is 10.6 Å². The van der Waals surface area contributed by atoms with Crippen molar-refractivity contribution < 1.29 is 29.0 Å². The molecule has 0 saturated heterocycles. The summed E-state index contributed by atoms with van der Waals surface area (Å²) in [5, 5.41) is 11.1. The maximum Gasteiger partial charge on any atom is 0.350 e. The van der Waals surface area contributed by atoms with E-state index in [2.05, 4.69) is 4.98 Å². The highest BCUT2D eigenvalue weighted by Crippen LogP contribution is 2.43. The van der Waals surface area contributed by atoms with Crippen molar-refractivity contribution in [3.05, 3.63) is 93.7 Å². The molecule has 4 rings (SSSR count). The minimum absolute atomic E-state index is 0.0858. The van der Waals surface area contributed by atoms with Crippen LogP contribution in [0, 0.1) is 6.92 Å². The molecular formula is C28H26N2O6S. The molecule has 8 nitrogen and oxygen atoms in total. The number of esters is 1. The molecule has 0 spiro atoms. The lowest BCUT2D eigenvalue weighted by Crippen LogP contribution is -2.30. The van der Waals surface area contributed by atoms with Crippen molar-refractivity contribution in [3.8, 4) is 5.75 Å². The number of ketones is 1. The van der Waals surface area contributed by atoms with Crippen LogP contribution in [0.1, 0.15) is 45.9 Å². The van der Waals surface area contributed by atoms with Gasteiger partial charge in [0.2, 0.25) is 0 Å². The van der Waals surface area contributed by atoms with E-state index in [4.69, 9.17) is 9.47 Å². The number of anilines is 1. The summed E-state index contributed by atoms with van der Waals surface area (Å²) in [5.41, 5.74) is 1.63. The SMILES string of the molecule is CCCOc1cccc(C2C(C(=O)C=Cc3ccccc3)=C(O)C(=O)N2c2nc(C)c(C(=O)OC)s2)c1. The van der Waals surface area contributed by atoms with Crippen LogP contribution in [0.2, 0.25) is 0 Å². The first kappa shape index (κ1) is 25.8. The van der Waals surface area contributed by atoms with Crippen LogP contribution in [-0.2, 0) is 14.3 Å². The molecule has 1 aliphatic rings. The Morgan fingerprint density at radius 3 is 2.62 bits per heavy atom. The topological polar surface area (TPSA) is 106 Å². The summed E-state index contributed by atoms with van der Waals surface area (Å²) < 4.78 is 10.6. The van der Waals surface area contributed by atoms with Crippen LogP contribution in [0.5, 0.6) is 5.75 Å². The van der Waals surface area contributed by atoms with Gasteiger partial charge < -0.3 is 14.6 Å². The van der Waals surface area contributed by atoms with Gasteiger partial charge >= 0.3 is 5.97 Å². The summed E-state index contributed by atoms with van der Waals surface area (Å²) in [6, 6.07) is 15.3. The highest BCUT2D eigenvalue weighted by Gasteiger charge is 2.45. The summed E-state index contributed by atoms with van der Waals surface area (Å²) >= 11 is 0.957. The van der Waals surface area contributed by atoms with E-state index in [0.29, 0.717) is 23.6 Å². The van der Waals surface area contributed by atoms with Crippen LogP contribution in [0.15, 0.2) is 72.0 Å². The highest BCUT2D eigenvalue weighted by atomic mass is 32.1. The zero-order chi connectivity index (χ0) is 26.5. The first-order valence-electron chi connectivity index (χ1n) is 11.7. The molecule has 2 aromatic carbocycles. The Bertz CT molecular complexity index is 1390. The number of aryl methyl sites for hydroxylation is 1. The van der Waals surface area contributed by atoms with E-state index in [1.807, 2.05) is 37.3 Å². The van der Waals surface area contributed by atoms with E-state index in [-0.39, 0.29) is 15.6 Å². The van der Waals surface area contributed by atoms with Gasteiger partial charge in [-0.3, -0.25) is 14.5 Å². The van der Waals surface area contributed by atoms with Gasteiger partial charge in [0.25, 0.3) is 5.91 Å². The number of benzene rings is 2. The number of aliphatic hydroxyl groups excluding tert-OH is 1. The molecule has 1 amide bonds. The number of hydrogen-bond donors (Lipinski definition) is 1. The van der Waals surface area contributed by atoms with Gasteiger partial charge in [0, 0.05) is 0 Å². The second kappa shape index (κ2) is 11.2. The largest absolute Gasteiger partial charge is 0.503 e. The van der Waals surface area contributed by atoms with E-state index in [0.717, 1.165) is 23.3 Å². The van der Waals surface area contributed by atoms with E-state index >= 15 is 0 Å². The maximum absolute atomic E-state index is 13.4. The average Bonchev–Trinajstić information content (AvgIpc) is 3.42. The van der Waals surface area contributed by atoms with Gasteiger partial charge in [-0.2, -0.15) is 0 Å². The lowest BCUT2D eigenvalue weighted by molar-refractivity contribution is -0.117. The fourth-order valence-electron chi connectivity index (χ4n) is 3.96. The third-order valence-corrected chi connectivity index (χ3v) is 6.85. The summed E-state index contributed by atoms with van der Waals surface area (Å²) in [6.07, 6.45) is 3.76. The molecular weight excluding hydrogens is 492 g/mol. The van der Waals surface area contributed by atoms with Crippen molar-refractivity contribution >= 4 is 40.2 Å². The van der Waals surface area contributed by atoms with Crippen molar-refractivity contribution in [2.75, 3.05) is 18.6 Å². The van der Waals surface area contributed by atoms with E-state index < -0.39 is 29.5 Å². The van der Waals surface area contributed by atoms with Gasteiger partial charge in [-0.1, -0.05) is 66.8 Å². The molecule has 1 unspecified atom stereocenters. The Balaban J connectivity index is 1.80.